The first-order chi connectivity index (χ1) is 10.0. The molecule has 0 radical (unpaired) electrons. The second-order valence-electron chi connectivity index (χ2n) is 4.14. The molecule has 1 aromatic heterocycles. The molecule has 1 aliphatic heterocycles. The number of hydrogen-bond donors (Lipinski definition) is 0. The Labute approximate surface area is 153 Å². The first-order valence-electron chi connectivity index (χ1n) is 5.83. The number of furan rings is 1. The maximum absolute atomic E-state index is 12.5. The van der Waals surface area contributed by atoms with Gasteiger partial charge in [-0.15, -0.1) is 0 Å². The Balaban J connectivity index is 1.94. The zero-order valence-corrected chi connectivity index (χ0v) is 15.8. The fourth-order valence-corrected chi connectivity index (χ4v) is 3.94. The Morgan fingerprint density at radius 1 is 1.33 bits per heavy atom. The summed E-state index contributed by atoms with van der Waals surface area (Å²) in [6, 6.07) is 11.2. The number of rotatable bonds is 2. The van der Waals surface area contributed by atoms with Crippen LogP contribution in [0.1, 0.15) is 5.76 Å². The number of hydrogen-bond acceptors (Lipinski definition) is 4. The van der Waals surface area contributed by atoms with Crippen molar-refractivity contribution in [2.24, 2.45) is 0 Å². The van der Waals surface area contributed by atoms with E-state index in [1.165, 1.54) is 16.7 Å². The maximum Gasteiger partial charge on any atom is 0.270 e. The average Bonchev–Trinajstić information content (AvgIpc) is 2.94. The van der Waals surface area contributed by atoms with Crippen molar-refractivity contribution < 1.29 is 9.21 Å². The van der Waals surface area contributed by atoms with Crippen LogP contribution < -0.4 is 4.90 Å². The lowest BCUT2D eigenvalue weighted by Crippen LogP contribution is -2.27. The maximum atomic E-state index is 12.5. The molecule has 0 saturated carbocycles. The monoisotopic (exact) mass is 491 g/mol. The molecule has 7 heteroatoms. The smallest absolute Gasteiger partial charge is 0.270 e. The number of benzene rings is 1. The molecule has 1 saturated heterocycles. The lowest BCUT2D eigenvalue weighted by atomic mass is 10.3. The molecule has 1 fully saturated rings. The summed E-state index contributed by atoms with van der Waals surface area (Å²) in [6.07, 6.45) is 1.72. The van der Waals surface area contributed by atoms with Crippen molar-refractivity contribution in [1.29, 1.82) is 0 Å². The molecule has 3 nitrogen and oxygen atoms in total. The van der Waals surface area contributed by atoms with Gasteiger partial charge in [-0.25, -0.2) is 0 Å². The van der Waals surface area contributed by atoms with E-state index in [1.807, 2.05) is 36.4 Å². The molecule has 0 bridgehead atoms. The Kier molecular flexibility index (Phi) is 4.53. The van der Waals surface area contributed by atoms with Crippen LogP contribution in [0.3, 0.4) is 0 Å². The van der Waals surface area contributed by atoms with Crippen LogP contribution in [0.4, 0.5) is 5.69 Å². The summed E-state index contributed by atoms with van der Waals surface area (Å²) in [6.45, 7) is 0. The van der Waals surface area contributed by atoms with Gasteiger partial charge in [0.05, 0.1) is 10.6 Å². The van der Waals surface area contributed by atoms with E-state index in [-0.39, 0.29) is 5.91 Å². The van der Waals surface area contributed by atoms with Crippen molar-refractivity contribution in [3.63, 3.8) is 0 Å². The predicted molar refractivity (Wildman–Crippen MR) is 101 cm³/mol. The zero-order chi connectivity index (χ0) is 15.0. The summed E-state index contributed by atoms with van der Waals surface area (Å²) in [5.41, 5.74) is 0.754. The Morgan fingerprint density at radius 3 is 2.81 bits per heavy atom. The highest BCUT2D eigenvalue weighted by molar-refractivity contribution is 14.1. The number of anilines is 1. The van der Waals surface area contributed by atoms with Gasteiger partial charge in [-0.3, -0.25) is 9.69 Å². The molecule has 0 atom stereocenters. The first kappa shape index (κ1) is 15.3. The lowest BCUT2D eigenvalue weighted by Gasteiger charge is -2.14. The number of nitrogens with zero attached hydrogens (tertiary/aromatic N) is 1. The molecule has 21 heavy (non-hydrogen) atoms. The largest absolute Gasteiger partial charge is 0.451 e. The topological polar surface area (TPSA) is 33.5 Å². The van der Waals surface area contributed by atoms with Crippen LogP contribution >= 0.6 is 62.5 Å². The minimum absolute atomic E-state index is 0.130. The summed E-state index contributed by atoms with van der Waals surface area (Å²) >= 11 is 12.1. The Morgan fingerprint density at radius 2 is 2.14 bits per heavy atom. The van der Waals surface area contributed by atoms with Gasteiger partial charge < -0.3 is 4.42 Å². The van der Waals surface area contributed by atoms with Gasteiger partial charge in [-0.05, 0) is 52.9 Å². The average molecular weight is 492 g/mol. The third-order valence-electron chi connectivity index (χ3n) is 2.73. The van der Waals surface area contributed by atoms with Crippen molar-refractivity contribution in [1.82, 2.24) is 0 Å². The Hall–Kier alpha value is -0.640. The van der Waals surface area contributed by atoms with Gasteiger partial charge >= 0.3 is 0 Å². The fourth-order valence-electron chi connectivity index (χ4n) is 1.84. The van der Waals surface area contributed by atoms with Gasteiger partial charge in [0.15, 0.2) is 8.09 Å². The number of amides is 1. The molecule has 0 spiro atoms. The van der Waals surface area contributed by atoms with Gasteiger partial charge in [0, 0.05) is 10.5 Å². The van der Waals surface area contributed by atoms with Crippen LogP contribution in [0.2, 0.25) is 0 Å². The van der Waals surface area contributed by atoms with E-state index in [0.29, 0.717) is 15.0 Å². The summed E-state index contributed by atoms with van der Waals surface area (Å²) in [5, 5.41) is 0. The number of thiocarbonyl (C=S) groups is 1. The molecule has 1 amide bonds. The number of halogens is 2. The van der Waals surface area contributed by atoms with Crippen LogP contribution in [-0.4, -0.2) is 10.2 Å². The van der Waals surface area contributed by atoms with E-state index in [2.05, 4.69) is 38.5 Å². The van der Waals surface area contributed by atoms with Crippen molar-refractivity contribution in [3.05, 3.63) is 55.3 Å². The van der Waals surface area contributed by atoms with Gasteiger partial charge in [-0.2, -0.15) is 0 Å². The highest BCUT2D eigenvalue weighted by atomic mass is 127. The molecule has 106 valence electrons. The first-order valence-corrected chi connectivity index (χ1v) is 8.93. The van der Waals surface area contributed by atoms with E-state index < -0.39 is 0 Å². The molecule has 1 aliphatic rings. The molecule has 2 heterocycles. The summed E-state index contributed by atoms with van der Waals surface area (Å²) < 4.78 is 7.66. The van der Waals surface area contributed by atoms with Crippen molar-refractivity contribution in [3.8, 4) is 0 Å². The molecular formula is C14H7BrINO2S2. The van der Waals surface area contributed by atoms with Gasteiger partial charge in [-0.1, -0.05) is 46.0 Å². The highest BCUT2D eigenvalue weighted by Gasteiger charge is 2.33. The minimum atomic E-state index is -0.130. The van der Waals surface area contributed by atoms with Gasteiger partial charge in [0.1, 0.15) is 5.76 Å². The number of thioether (sulfide) groups is 1. The molecule has 3 rings (SSSR count). The standard InChI is InChI=1S/C14H7BrINO2S2/c15-8-2-1-3-9(6-8)17-13(18)11(21-14(17)20)7-10-4-5-12(16)19-10/h1-7H/b11-7-. The summed E-state index contributed by atoms with van der Waals surface area (Å²) in [7, 11) is 0. The zero-order valence-electron chi connectivity index (χ0n) is 10.4. The summed E-state index contributed by atoms with van der Waals surface area (Å²) in [5.74, 6) is 0.517. The highest BCUT2D eigenvalue weighted by Crippen LogP contribution is 2.36. The van der Waals surface area contributed by atoms with Crippen LogP contribution in [0.5, 0.6) is 0 Å². The quantitative estimate of drug-likeness (QED) is 0.334. The predicted octanol–water partition coefficient (Wildman–Crippen LogP) is 5.05. The molecule has 1 aromatic carbocycles. The second kappa shape index (κ2) is 6.23. The van der Waals surface area contributed by atoms with Crippen molar-refractivity contribution in [2.45, 2.75) is 0 Å². The van der Waals surface area contributed by atoms with Crippen molar-refractivity contribution in [2.75, 3.05) is 4.90 Å². The minimum Gasteiger partial charge on any atom is -0.451 e. The lowest BCUT2D eigenvalue weighted by molar-refractivity contribution is -0.113. The van der Waals surface area contributed by atoms with Crippen LogP contribution in [0.15, 0.2) is 50.2 Å². The fraction of sp³-hybridized carbons (Fsp3) is 0. The van der Waals surface area contributed by atoms with Crippen molar-refractivity contribution >= 4 is 84.5 Å². The van der Waals surface area contributed by atoms with E-state index in [9.17, 15) is 4.79 Å². The second-order valence-corrected chi connectivity index (χ2v) is 7.79. The van der Waals surface area contributed by atoms with E-state index >= 15 is 0 Å². The third-order valence-corrected chi connectivity index (χ3v) is 5.10. The number of carbonyl (C=O) groups is 1. The Bertz CT molecular complexity index is 772. The number of carbonyl (C=O) groups excluding carboxylic acids is 1. The molecule has 0 aliphatic carbocycles. The summed E-state index contributed by atoms with van der Waals surface area (Å²) in [4.78, 5) is 14.6. The van der Waals surface area contributed by atoms with Crippen LogP contribution in [0, 0.1) is 3.77 Å². The van der Waals surface area contributed by atoms with E-state index in [4.69, 9.17) is 16.6 Å². The molecular weight excluding hydrogens is 485 g/mol. The SMILES string of the molecule is O=C1/C(=C/c2ccc(I)o2)SC(=S)N1c1cccc(Br)c1. The van der Waals surface area contributed by atoms with E-state index in [1.54, 1.807) is 6.08 Å². The van der Waals surface area contributed by atoms with E-state index in [0.717, 1.165) is 13.9 Å². The molecule has 2 aromatic rings. The molecule has 0 unspecified atom stereocenters. The van der Waals surface area contributed by atoms with Crippen LogP contribution in [-0.2, 0) is 4.79 Å². The third kappa shape index (κ3) is 3.25. The van der Waals surface area contributed by atoms with Gasteiger partial charge in [0.2, 0.25) is 0 Å². The normalized spacial score (nSPS) is 17.0. The van der Waals surface area contributed by atoms with Crippen LogP contribution in [0.25, 0.3) is 6.08 Å². The molecule has 0 N–H and O–H groups in total. The van der Waals surface area contributed by atoms with Gasteiger partial charge in [0.25, 0.3) is 5.91 Å².